The number of hydrogen-bond donors (Lipinski definition) is 1. The molecule has 1 aromatic rings. The number of nitrogens with one attached hydrogen (secondary N) is 1. The maximum atomic E-state index is 12.3. The summed E-state index contributed by atoms with van der Waals surface area (Å²) >= 11 is 0. The monoisotopic (exact) mass is 277 g/mol. The number of ether oxygens (including phenoxy) is 2. The summed E-state index contributed by atoms with van der Waals surface area (Å²) < 4.78 is 47.6. The Morgan fingerprint density at radius 1 is 1.42 bits per heavy atom. The molecule has 1 atom stereocenters. The van der Waals surface area contributed by atoms with Gasteiger partial charge in [-0.3, -0.25) is 0 Å². The fourth-order valence-corrected chi connectivity index (χ4v) is 1.79. The summed E-state index contributed by atoms with van der Waals surface area (Å²) in [4.78, 5) is 0. The molecule has 2 rings (SSSR count). The number of methoxy groups -OCH3 is 1. The second-order valence-corrected chi connectivity index (χ2v) is 4.34. The minimum atomic E-state index is -4.47. The number of halogens is 3. The summed E-state index contributed by atoms with van der Waals surface area (Å²) in [7, 11) is 1.58. The highest BCUT2D eigenvalue weighted by Gasteiger charge is 2.35. The molecule has 0 amide bonds. The van der Waals surface area contributed by atoms with Gasteiger partial charge >= 0.3 is 6.18 Å². The van der Waals surface area contributed by atoms with Gasteiger partial charge in [0.25, 0.3) is 0 Å². The van der Waals surface area contributed by atoms with E-state index in [0.717, 1.165) is 12.5 Å². The molecule has 0 bridgehead atoms. The first-order chi connectivity index (χ1) is 8.95. The molecule has 1 fully saturated rings. The lowest BCUT2D eigenvalue weighted by molar-refractivity contribution is -0.141. The molecule has 1 N–H and O–H groups in total. The molecule has 0 radical (unpaired) electrons. The first-order valence-electron chi connectivity index (χ1n) is 5.73. The molecular weight excluding hydrogens is 263 g/mol. The molecule has 5 nitrogen and oxygen atoms in total. The third kappa shape index (κ3) is 3.32. The van der Waals surface area contributed by atoms with Crippen molar-refractivity contribution >= 4 is 5.82 Å². The summed E-state index contributed by atoms with van der Waals surface area (Å²) in [5, 5.41) is 9.54. The lowest BCUT2D eigenvalue weighted by Crippen LogP contribution is -2.39. The molecule has 1 saturated heterocycles. The fraction of sp³-hybridized carbons (Fsp3) is 0.636. The fourth-order valence-electron chi connectivity index (χ4n) is 1.79. The van der Waals surface area contributed by atoms with Crippen molar-refractivity contribution in [2.24, 2.45) is 0 Å². The molecule has 1 aromatic heterocycles. The summed E-state index contributed by atoms with van der Waals surface area (Å²) in [6.45, 7) is 1.46. The van der Waals surface area contributed by atoms with E-state index in [1.54, 1.807) is 7.11 Å². The number of anilines is 1. The van der Waals surface area contributed by atoms with Crippen molar-refractivity contribution in [3.05, 3.63) is 17.8 Å². The van der Waals surface area contributed by atoms with E-state index in [0.29, 0.717) is 19.8 Å². The molecule has 1 unspecified atom stereocenters. The van der Waals surface area contributed by atoms with E-state index in [-0.39, 0.29) is 5.82 Å². The first kappa shape index (κ1) is 14.0. The van der Waals surface area contributed by atoms with E-state index < -0.39 is 17.5 Å². The minimum absolute atomic E-state index is 0.274. The highest BCUT2D eigenvalue weighted by Crippen LogP contribution is 2.27. The second kappa shape index (κ2) is 5.30. The molecule has 0 spiro atoms. The first-order valence-corrected chi connectivity index (χ1v) is 5.73. The van der Waals surface area contributed by atoms with Crippen molar-refractivity contribution < 1.29 is 22.6 Å². The van der Waals surface area contributed by atoms with Gasteiger partial charge < -0.3 is 14.8 Å². The van der Waals surface area contributed by atoms with Crippen molar-refractivity contribution in [1.29, 1.82) is 0 Å². The molecule has 0 saturated carbocycles. The Morgan fingerprint density at radius 3 is 2.68 bits per heavy atom. The summed E-state index contributed by atoms with van der Waals surface area (Å²) in [6.07, 6.45) is -3.75. The molecular formula is C11H14F3N3O2. The van der Waals surface area contributed by atoms with E-state index in [1.165, 1.54) is 6.07 Å². The number of rotatable bonds is 4. The Kier molecular flexibility index (Phi) is 3.91. The Balaban J connectivity index is 1.96. The van der Waals surface area contributed by atoms with E-state index in [2.05, 4.69) is 15.5 Å². The van der Waals surface area contributed by atoms with Gasteiger partial charge in [-0.15, -0.1) is 10.2 Å². The van der Waals surface area contributed by atoms with Gasteiger partial charge in [-0.1, -0.05) is 0 Å². The average molecular weight is 277 g/mol. The lowest BCUT2D eigenvalue weighted by atomic mass is 10.0. The van der Waals surface area contributed by atoms with Gasteiger partial charge in [0, 0.05) is 26.7 Å². The Morgan fingerprint density at radius 2 is 2.21 bits per heavy atom. The third-order valence-corrected chi connectivity index (χ3v) is 3.05. The molecule has 0 aliphatic carbocycles. The van der Waals surface area contributed by atoms with Crippen LogP contribution in [0, 0.1) is 0 Å². The largest absolute Gasteiger partial charge is 0.435 e. The maximum absolute atomic E-state index is 12.3. The van der Waals surface area contributed by atoms with Crippen LogP contribution in [-0.4, -0.2) is 42.7 Å². The maximum Gasteiger partial charge on any atom is 0.435 e. The number of nitrogens with zero attached hydrogens (tertiary/aromatic N) is 2. The van der Waals surface area contributed by atoms with Crippen molar-refractivity contribution in [2.75, 3.05) is 32.2 Å². The molecule has 0 aromatic carbocycles. The smallest absolute Gasteiger partial charge is 0.378 e. The molecule has 1 aliphatic heterocycles. The topological polar surface area (TPSA) is 56.3 Å². The van der Waals surface area contributed by atoms with Crippen LogP contribution in [0.4, 0.5) is 19.0 Å². The Bertz CT molecular complexity index is 416. The van der Waals surface area contributed by atoms with Crippen LogP contribution in [0.5, 0.6) is 0 Å². The minimum Gasteiger partial charge on any atom is -0.378 e. The van der Waals surface area contributed by atoms with E-state index in [4.69, 9.17) is 9.47 Å². The van der Waals surface area contributed by atoms with Crippen molar-refractivity contribution in [3.8, 4) is 0 Å². The molecule has 19 heavy (non-hydrogen) atoms. The SMILES string of the molecule is COC1(CNc2ccc(C(F)(F)F)nn2)CCOC1. The molecule has 106 valence electrons. The average Bonchev–Trinajstić information content (AvgIpc) is 2.85. The van der Waals surface area contributed by atoms with Gasteiger partial charge in [0.15, 0.2) is 5.69 Å². The van der Waals surface area contributed by atoms with Gasteiger partial charge in [-0.25, -0.2) is 0 Å². The van der Waals surface area contributed by atoms with E-state index >= 15 is 0 Å². The quantitative estimate of drug-likeness (QED) is 0.908. The van der Waals surface area contributed by atoms with Gasteiger partial charge in [-0.05, 0) is 12.1 Å². The second-order valence-electron chi connectivity index (χ2n) is 4.34. The van der Waals surface area contributed by atoms with Crippen molar-refractivity contribution in [1.82, 2.24) is 10.2 Å². The predicted octanol–water partition coefficient (Wildman–Crippen LogP) is 1.71. The van der Waals surface area contributed by atoms with Crippen LogP contribution >= 0.6 is 0 Å². The van der Waals surface area contributed by atoms with Crippen LogP contribution in [-0.2, 0) is 15.7 Å². The standard InChI is InChI=1S/C11H14F3N3O2/c1-18-10(4-5-19-7-10)6-15-9-3-2-8(16-17-9)11(12,13)14/h2-3H,4-7H2,1H3,(H,15,17). The Hall–Kier alpha value is -1.41. The number of hydrogen-bond acceptors (Lipinski definition) is 5. The normalized spacial score (nSPS) is 23.6. The van der Waals surface area contributed by atoms with Gasteiger partial charge in [0.2, 0.25) is 0 Å². The van der Waals surface area contributed by atoms with E-state index in [1.807, 2.05) is 0 Å². The van der Waals surface area contributed by atoms with Crippen LogP contribution < -0.4 is 5.32 Å². The van der Waals surface area contributed by atoms with Gasteiger partial charge in [0.1, 0.15) is 11.4 Å². The summed E-state index contributed by atoms with van der Waals surface area (Å²) in [5.41, 5.74) is -1.46. The van der Waals surface area contributed by atoms with Crippen LogP contribution in [0.15, 0.2) is 12.1 Å². The van der Waals surface area contributed by atoms with Crippen molar-refractivity contribution in [3.63, 3.8) is 0 Å². The third-order valence-electron chi connectivity index (χ3n) is 3.05. The zero-order valence-corrected chi connectivity index (χ0v) is 10.3. The van der Waals surface area contributed by atoms with Crippen LogP contribution in [0.25, 0.3) is 0 Å². The zero-order chi connectivity index (χ0) is 13.9. The van der Waals surface area contributed by atoms with Gasteiger partial charge in [-0.2, -0.15) is 13.2 Å². The van der Waals surface area contributed by atoms with Crippen molar-refractivity contribution in [2.45, 2.75) is 18.2 Å². The highest BCUT2D eigenvalue weighted by atomic mass is 19.4. The summed E-state index contributed by atoms with van der Waals surface area (Å²) in [6, 6.07) is 2.13. The number of alkyl halides is 3. The number of aromatic nitrogens is 2. The predicted molar refractivity (Wildman–Crippen MR) is 60.7 cm³/mol. The Labute approximate surface area is 108 Å². The summed E-state index contributed by atoms with van der Waals surface area (Å²) in [5.74, 6) is 0.274. The lowest BCUT2D eigenvalue weighted by Gasteiger charge is -2.25. The zero-order valence-electron chi connectivity index (χ0n) is 10.3. The van der Waals surface area contributed by atoms with Crippen LogP contribution in [0.3, 0.4) is 0 Å². The van der Waals surface area contributed by atoms with Crippen LogP contribution in [0.1, 0.15) is 12.1 Å². The molecule has 2 heterocycles. The van der Waals surface area contributed by atoms with E-state index in [9.17, 15) is 13.2 Å². The molecule has 1 aliphatic rings. The van der Waals surface area contributed by atoms with Crippen LogP contribution in [0.2, 0.25) is 0 Å². The molecule has 8 heteroatoms. The highest BCUT2D eigenvalue weighted by molar-refractivity contribution is 5.34. The van der Waals surface area contributed by atoms with Gasteiger partial charge in [0.05, 0.1) is 6.61 Å².